The van der Waals surface area contributed by atoms with Crippen molar-refractivity contribution in [2.45, 2.75) is 51.1 Å². The normalized spacial score (nSPS) is 17.5. The van der Waals surface area contributed by atoms with Crippen molar-refractivity contribution in [3.8, 4) is 22.9 Å². The lowest BCUT2D eigenvalue weighted by Gasteiger charge is -2.27. The van der Waals surface area contributed by atoms with Gasteiger partial charge < -0.3 is 34.1 Å². The molecule has 1 saturated carbocycles. The molecule has 1 aromatic carbocycles. The molecule has 6 rings (SSSR count). The third-order valence-corrected chi connectivity index (χ3v) is 7.76. The molecule has 2 N–H and O–H groups in total. The van der Waals surface area contributed by atoms with Crippen molar-refractivity contribution in [2.75, 3.05) is 44.7 Å². The Morgan fingerprint density at radius 1 is 1.03 bits per heavy atom. The molecule has 2 fully saturated rings. The molecule has 3 aromatic heterocycles. The zero-order valence-corrected chi connectivity index (χ0v) is 22.7. The van der Waals surface area contributed by atoms with E-state index in [0.717, 1.165) is 60.5 Å². The number of hydrogen-bond donors (Lipinski definition) is 2. The minimum atomic E-state index is 0.0293. The number of rotatable bonds is 9. The molecule has 39 heavy (non-hydrogen) atoms. The topological polar surface area (TPSA) is 125 Å². The van der Waals surface area contributed by atoms with E-state index in [1.807, 2.05) is 29.8 Å². The van der Waals surface area contributed by atoms with Crippen molar-refractivity contribution in [1.82, 2.24) is 29.3 Å². The Balaban J connectivity index is 1.38. The first kappa shape index (κ1) is 25.2. The highest BCUT2D eigenvalue weighted by Crippen LogP contribution is 2.40. The van der Waals surface area contributed by atoms with Crippen LogP contribution in [0.25, 0.3) is 16.7 Å². The van der Waals surface area contributed by atoms with E-state index in [2.05, 4.69) is 19.9 Å². The number of nitrogens with zero attached hydrogens (tertiary/aromatic N) is 7. The maximum absolute atomic E-state index is 10.0. The van der Waals surface area contributed by atoms with Crippen molar-refractivity contribution in [3.63, 3.8) is 0 Å². The molecule has 0 bridgehead atoms. The van der Waals surface area contributed by atoms with E-state index >= 15 is 0 Å². The number of anilines is 3. The predicted octanol–water partition coefficient (Wildman–Crippen LogP) is 3.78. The Morgan fingerprint density at radius 2 is 1.79 bits per heavy atom. The van der Waals surface area contributed by atoms with Crippen LogP contribution in [0.5, 0.6) is 17.2 Å². The number of aromatic nitrogens is 6. The number of nitrogens with one attached hydrogen (secondary N) is 1. The lowest BCUT2D eigenvalue weighted by molar-refractivity contribution is 0.266. The summed E-state index contributed by atoms with van der Waals surface area (Å²) in [5.74, 6) is 3.47. The molecule has 0 spiro atoms. The fourth-order valence-corrected chi connectivity index (χ4v) is 5.50. The second kappa shape index (κ2) is 10.3. The van der Waals surface area contributed by atoms with Crippen LogP contribution < -0.4 is 24.4 Å². The molecule has 4 aromatic rings. The van der Waals surface area contributed by atoms with Crippen molar-refractivity contribution < 1.29 is 19.3 Å². The first-order valence-corrected chi connectivity index (χ1v) is 13.3. The smallest absolute Gasteiger partial charge is 0.232 e. The highest BCUT2D eigenvalue weighted by atomic mass is 16.5. The fraction of sp³-hybridized carbons (Fsp3) is 0.481. The summed E-state index contributed by atoms with van der Waals surface area (Å²) in [4.78, 5) is 16.6. The zero-order valence-electron chi connectivity index (χ0n) is 22.7. The molecule has 4 heterocycles. The summed E-state index contributed by atoms with van der Waals surface area (Å²) in [5.41, 5.74) is 2.52. The summed E-state index contributed by atoms with van der Waals surface area (Å²) in [5, 5.41) is 19.2. The van der Waals surface area contributed by atoms with Gasteiger partial charge in [-0.2, -0.15) is 15.1 Å². The predicted molar refractivity (Wildman–Crippen MR) is 147 cm³/mol. The van der Waals surface area contributed by atoms with Gasteiger partial charge in [-0.05, 0) is 39.0 Å². The van der Waals surface area contributed by atoms with Crippen LogP contribution in [-0.2, 0) is 0 Å². The van der Waals surface area contributed by atoms with Gasteiger partial charge in [0.1, 0.15) is 12.1 Å². The van der Waals surface area contributed by atoms with Gasteiger partial charge in [-0.1, -0.05) is 0 Å². The number of hydrogen-bond acceptors (Lipinski definition) is 10. The number of methoxy groups -OCH3 is 3. The van der Waals surface area contributed by atoms with E-state index in [0.29, 0.717) is 35.1 Å². The van der Waals surface area contributed by atoms with E-state index in [1.54, 1.807) is 27.7 Å². The number of ether oxygens (including phenoxy) is 3. The van der Waals surface area contributed by atoms with Gasteiger partial charge in [0, 0.05) is 18.7 Å². The monoisotopic (exact) mass is 534 g/mol. The molecule has 0 amide bonds. The molecule has 1 saturated heterocycles. The third kappa shape index (κ3) is 4.38. The van der Waals surface area contributed by atoms with Crippen LogP contribution in [0, 0.1) is 6.92 Å². The molecule has 0 unspecified atom stereocenters. The van der Waals surface area contributed by atoms with Gasteiger partial charge in [-0.15, -0.1) is 0 Å². The van der Waals surface area contributed by atoms with Gasteiger partial charge in [0.2, 0.25) is 11.7 Å². The lowest BCUT2D eigenvalue weighted by atomic mass is 9.93. The van der Waals surface area contributed by atoms with Crippen molar-refractivity contribution in [1.29, 1.82) is 0 Å². The van der Waals surface area contributed by atoms with Crippen molar-refractivity contribution in [2.24, 2.45) is 0 Å². The minimum absolute atomic E-state index is 0.0293. The summed E-state index contributed by atoms with van der Waals surface area (Å²) < 4.78 is 20.4. The number of benzene rings is 1. The zero-order chi connectivity index (χ0) is 27.1. The van der Waals surface area contributed by atoms with Crippen LogP contribution in [-0.4, -0.2) is 74.9 Å². The molecular formula is C27H34N8O4. The first-order valence-electron chi connectivity index (χ1n) is 13.3. The van der Waals surface area contributed by atoms with E-state index in [-0.39, 0.29) is 12.6 Å². The molecule has 12 heteroatoms. The van der Waals surface area contributed by atoms with Gasteiger partial charge in [0.15, 0.2) is 23.0 Å². The molecular weight excluding hydrogens is 500 g/mol. The lowest BCUT2D eigenvalue weighted by Crippen LogP contribution is -2.33. The standard InChI is InChI=1S/C27H34N8O4/c1-16-23-25(34-10-6-9-18(34)14-36)30-27(31-26(23)35(32-16)17-7-5-8-17)29-22-13-33(15-28-22)19-11-20(37-2)24(39-4)21(12-19)38-3/h11-13,15,17-18,36H,5-10,14H2,1-4H3,(H,29,30,31)/t18-/m0/s1. The molecule has 206 valence electrons. The summed E-state index contributed by atoms with van der Waals surface area (Å²) in [6.45, 7) is 2.93. The van der Waals surface area contributed by atoms with Crippen LogP contribution >= 0.6 is 0 Å². The maximum Gasteiger partial charge on any atom is 0.232 e. The average molecular weight is 535 g/mol. The van der Waals surface area contributed by atoms with Gasteiger partial charge in [0.25, 0.3) is 0 Å². The van der Waals surface area contributed by atoms with E-state index < -0.39 is 0 Å². The first-order chi connectivity index (χ1) is 19.0. The Hall–Kier alpha value is -4.06. The second-order valence-electron chi connectivity index (χ2n) is 10.0. The molecule has 1 aliphatic carbocycles. The summed E-state index contributed by atoms with van der Waals surface area (Å²) >= 11 is 0. The number of aliphatic hydroxyl groups is 1. The van der Waals surface area contributed by atoms with Gasteiger partial charge in [-0.3, -0.25) is 0 Å². The molecule has 12 nitrogen and oxygen atoms in total. The molecule has 1 atom stereocenters. The number of aliphatic hydroxyl groups excluding tert-OH is 1. The maximum atomic E-state index is 10.0. The molecule has 2 aliphatic rings. The van der Waals surface area contributed by atoms with Crippen LogP contribution in [0.2, 0.25) is 0 Å². The van der Waals surface area contributed by atoms with Crippen LogP contribution in [0.3, 0.4) is 0 Å². The molecule has 1 aliphatic heterocycles. The van der Waals surface area contributed by atoms with Crippen LogP contribution in [0.15, 0.2) is 24.7 Å². The summed E-state index contributed by atoms with van der Waals surface area (Å²) in [7, 11) is 4.75. The van der Waals surface area contributed by atoms with Crippen LogP contribution in [0.4, 0.5) is 17.6 Å². The molecule has 0 radical (unpaired) electrons. The fourth-order valence-electron chi connectivity index (χ4n) is 5.50. The Bertz CT molecular complexity index is 1470. The second-order valence-corrected chi connectivity index (χ2v) is 10.0. The van der Waals surface area contributed by atoms with Crippen molar-refractivity contribution >= 4 is 28.6 Å². The minimum Gasteiger partial charge on any atom is -0.493 e. The van der Waals surface area contributed by atoms with Gasteiger partial charge in [-0.25, -0.2) is 9.67 Å². The Morgan fingerprint density at radius 3 is 2.44 bits per heavy atom. The van der Waals surface area contributed by atoms with Gasteiger partial charge >= 0.3 is 0 Å². The highest BCUT2D eigenvalue weighted by Gasteiger charge is 2.31. The summed E-state index contributed by atoms with van der Waals surface area (Å²) in [6.07, 6.45) is 8.89. The number of aryl methyl sites for hydroxylation is 1. The quantitative estimate of drug-likeness (QED) is 0.328. The van der Waals surface area contributed by atoms with Crippen LogP contribution in [0.1, 0.15) is 43.8 Å². The Labute approximate surface area is 226 Å². The third-order valence-electron chi connectivity index (χ3n) is 7.76. The SMILES string of the molecule is COc1cc(-n2cnc(Nc3nc(N4CCC[C@H]4CO)c4c(C)nn(C5CCC5)c4n3)c2)cc(OC)c1OC. The van der Waals surface area contributed by atoms with E-state index in [9.17, 15) is 5.11 Å². The van der Waals surface area contributed by atoms with E-state index in [4.69, 9.17) is 29.3 Å². The average Bonchev–Trinajstić information content (AvgIpc) is 3.66. The van der Waals surface area contributed by atoms with Gasteiger partial charge in [0.05, 0.1) is 63.0 Å². The number of fused-ring (bicyclic) bond motifs is 1. The Kier molecular flexibility index (Phi) is 6.63. The van der Waals surface area contributed by atoms with Crippen molar-refractivity contribution in [3.05, 3.63) is 30.4 Å². The highest BCUT2D eigenvalue weighted by molar-refractivity contribution is 5.91. The number of imidazole rings is 1. The van der Waals surface area contributed by atoms with E-state index in [1.165, 1.54) is 6.42 Å². The largest absolute Gasteiger partial charge is 0.493 e. The summed E-state index contributed by atoms with van der Waals surface area (Å²) in [6, 6.07) is 4.09.